The summed E-state index contributed by atoms with van der Waals surface area (Å²) in [5.41, 5.74) is 1.74. The molecule has 0 bridgehead atoms. The molecular weight excluding hydrogens is 198 g/mol. The Morgan fingerprint density at radius 1 is 1.19 bits per heavy atom. The fourth-order valence-electron chi connectivity index (χ4n) is 0.978. The number of anilines is 1. The van der Waals surface area contributed by atoms with Gasteiger partial charge in [-0.15, -0.1) is 0 Å². The van der Waals surface area contributed by atoms with Crippen LogP contribution in [0.5, 0.6) is 0 Å². The number of rotatable bonds is 2. The smallest absolute Gasteiger partial charge is 0.221 e. The second-order valence-electron chi connectivity index (χ2n) is 2.47. The summed E-state index contributed by atoms with van der Waals surface area (Å²) in [7, 11) is 0. The number of benzene rings is 1. The van der Waals surface area contributed by atoms with Gasteiger partial charge in [-0.25, -0.2) is 0 Å². The largest absolute Gasteiger partial charge is 0.326 e. The summed E-state index contributed by atoms with van der Waals surface area (Å²) in [6.45, 7) is 13.1. The van der Waals surface area contributed by atoms with Crippen LogP contribution in [0.2, 0.25) is 0 Å². The van der Waals surface area contributed by atoms with Crippen LogP contribution in [-0.2, 0) is 4.79 Å². The average molecular weight is 221 g/mol. The molecule has 0 radical (unpaired) electrons. The summed E-state index contributed by atoms with van der Waals surface area (Å²) in [5.74, 6) is -0.0655. The molecule has 2 heteroatoms. The standard InChI is InChI=1S/C10H11NO.2C2H6/c1-3-9-6-4-5-7-10(9)11-8(2)12;2*1-2/h3-7H,1H2,2H3,(H,11,12);2*1-2H3. The Balaban J connectivity index is 0. The first-order chi connectivity index (χ1) is 7.74. The molecule has 0 saturated heterocycles. The van der Waals surface area contributed by atoms with Gasteiger partial charge in [0, 0.05) is 12.6 Å². The number of nitrogens with one attached hydrogen (secondary N) is 1. The highest BCUT2D eigenvalue weighted by atomic mass is 16.1. The predicted octanol–water partition coefficient (Wildman–Crippen LogP) is 4.34. The molecule has 0 aliphatic heterocycles. The van der Waals surface area contributed by atoms with Crippen molar-refractivity contribution in [3.8, 4) is 0 Å². The Morgan fingerprint density at radius 3 is 2.12 bits per heavy atom. The number of para-hydroxylation sites is 1. The van der Waals surface area contributed by atoms with Crippen LogP contribution in [0.3, 0.4) is 0 Å². The van der Waals surface area contributed by atoms with Gasteiger partial charge in [0.05, 0.1) is 0 Å². The molecule has 0 aromatic heterocycles. The van der Waals surface area contributed by atoms with E-state index in [9.17, 15) is 4.79 Å². The van der Waals surface area contributed by atoms with Crippen LogP contribution in [0.4, 0.5) is 5.69 Å². The third kappa shape index (κ3) is 6.82. The number of hydrogen-bond acceptors (Lipinski definition) is 1. The minimum absolute atomic E-state index is 0.0655. The lowest BCUT2D eigenvalue weighted by Crippen LogP contribution is -2.06. The van der Waals surface area contributed by atoms with Gasteiger partial charge in [0.25, 0.3) is 0 Å². The van der Waals surface area contributed by atoms with Crippen LogP contribution < -0.4 is 5.32 Å². The predicted molar refractivity (Wildman–Crippen MR) is 73.5 cm³/mol. The maximum atomic E-state index is 10.7. The van der Waals surface area contributed by atoms with Gasteiger partial charge in [-0.1, -0.05) is 58.5 Å². The molecule has 1 N–H and O–H groups in total. The van der Waals surface area contributed by atoms with Crippen molar-refractivity contribution >= 4 is 17.7 Å². The summed E-state index contributed by atoms with van der Waals surface area (Å²) >= 11 is 0. The number of hydrogen-bond donors (Lipinski definition) is 1. The highest BCUT2D eigenvalue weighted by Crippen LogP contribution is 2.15. The van der Waals surface area contributed by atoms with E-state index in [1.165, 1.54) is 6.92 Å². The first-order valence-corrected chi connectivity index (χ1v) is 5.73. The maximum absolute atomic E-state index is 10.7. The summed E-state index contributed by atoms with van der Waals surface area (Å²) in [4.78, 5) is 10.7. The second kappa shape index (κ2) is 11.5. The summed E-state index contributed by atoms with van der Waals surface area (Å²) in [6.07, 6.45) is 1.71. The molecule has 0 aliphatic rings. The van der Waals surface area contributed by atoms with E-state index in [0.717, 1.165) is 11.3 Å². The van der Waals surface area contributed by atoms with E-state index in [4.69, 9.17) is 0 Å². The molecule has 0 unspecified atom stereocenters. The highest BCUT2D eigenvalue weighted by Gasteiger charge is 1.97. The molecule has 1 aromatic rings. The quantitative estimate of drug-likeness (QED) is 0.790. The van der Waals surface area contributed by atoms with E-state index < -0.39 is 0 Å². The molecule has 0 heterocycles. The number of carbonyl (C=O) groups is 1. The van der Waals surface area contributed by atoms with Gasteiger partial charge in [-0.2, -0.15) is 0 Å². The first-order valence-electron chi connectivity index (χ1n) is 5.73. The Hall–Kier alpha value is -1.57. The monoisotopic (exact) mass is 221 g/mol. The van der Waals surface area contributed by atoms with Crippen LogP contribution in [0, 0.1) is 0 Å². The van der Waals surface area contributed by atoms with Gasteiger partial charge in [0.2, 0.25) is 5.91 Å². The van der Waals surface area contributed by atoms with Crippen molar-refractivity contribution in [1.82, 2.24) is 0 Å². The molecule has 16 heavy (non-hydrogen) atoms. The van der Waals surface area contributed by atoms with E-state index in [1.807, 2.05) is 52.0 Å². The fraction of sp³-hybridized carbons (Fsp3) is 0.357. The van der Waals surface area contributed by atoms with Gasteiger partial charge >= 0.3 is 0 Å². The maximum Gasteiger partial charge on any atom is 0.221 e. The van der Waals surface area contributed by atoms with Gasteiger partial charge < -0.3 is 5.32 Å². The van der Waals surface area contributed by atoms with Crippen LogP contribution >= 0.6 is 0 Å². The van der Waals surface area contributed by atoms with Crippen molar-refractivity contribution in [2.24, 2.45) is 0 Å². The fourth-order valence-corrected chi connectivity index (χ4v) is 0.978. The molecule has 0 aliphatic carbocycles. The topological polar surface area (TPSA) is 29.1 Å². The molecule has 1 aromatic carbocycles. The Labute approximate surface area is 99.4 Å². The van der Waals surface area contributed by atoms with Crippen molar-refractivity contribution in [1.29, 1.82) is 0 Å². The van der Waals surface area contributed by atoms with Gasteiger partial charge in [-0.3, -0.25) is 4.79 Å². The van der Waals surface area contributed by atoms with Crippen molar-refractivity contribution in [3.05, 3.63) is 36.4 Å². The molecule has 1 rings (SSSR count). The average Bonchev–Trinajstić information content (AvgIpc) is 2.34. The van der Waals surface area contributed by atoms with Crippen molar-refractivity contribution in [3.63, 3.8) is 0 Å². The zero-order valence-electron chi connectivity index (χ0n) is 11.0. The minimum atomic E-state index is -0.0655. The first kappa shape index (κ1) is 16.8. The lowest BCUT2D eigenvalue weighted by atomic mass is 10.2. The number of carbonyl (C=O) groups excluding carboxylic acids is 1. The Kier molecular flexibility index (Phi) is 12.1. The third-order valence-corrected chi connectivity index (χ3v) is 1.49. The normalized spacial score (nSPS) is 7.56. The number of amides is 1. The molecule has 0 fully saturated rings. The van der Waals surface area contributed by atoms with E-state index in [-0.39, 0.29) is 5.91 Å². The van der Waals surface area contributed by atoms with Crippen LogP contribution in [0.1, 0.15) is 40.2 Å². The SMILES string of the molecule is C=Cc1ccccc1NC(C)=O.CC.CC. The molecule has 90 valence electrons. The van der Waals surface area contributed by atoms with Crippen LogP contribution in [-0.4, -0.2) is 5.91 Å². The zero-order valence-corrected chi connectivity index (χ0v) is 11.0. The third-order valence-electron chi connectivity index (χ3n) is 1.49. The lowest BCUT2D eigenvalue weighted by molar-refractivity contribution is -0.114. The van der Waals surface area contributed by atoms with Gasteiger partial charge in [0.1, 0.15) is 0 Å². The van der Waals surface area contributed by atoms with Crippen molar-refractivity contribution in [2.75, 3.05) is 5.32 Å². The molecular formula is C14H23NO. The molecule has 0 saturated carbocycles. The second-order valence-corrected chi connectivity index (χ2v) is 2.47. The van der Waals surface area contributed by atoms with E-state index >= 15 is 0 Å². The van der Waals surface area contributed by atoms with Gasteiger partial charge in [0.15, 0.2) is 0 Å². The molecule has 1 amide bonds. The van der Waals surface area contributed by atoms with Crippen LogP contribution in [0.15, 0.2) is 30.8 Å². The van der Waals surface area contributed by atoms with Gasteiger partial charge in [-0.05, 0) is 11.6 Å². The van der Waals surface area contributed by atoms with E-state index in [2.05, 4.69) is 11.9 Å². The highest BCUT2D eigenvalue weighted by molar-refractivity contribution is 5.91. The summed E-state index contributed by atoms with van der Waals surface area (Å²) in [6, 6.07) is 7.53. The molecule has 0 spiro atoms. The van der Waals surface area contributed by atoms with E-state index in [1.54, 1.807) is 6.08 Å². The minimum Gasteiger partial charge on any atom is -0.326 e. The Bertz CT molecular complexity index is 305. The van der Waals surface area contributed by atoms with Crippen molar-refractivity contribution in [2.45, 2.75) is 34.6 Å². The Morgan fingerprint density at radius 2 is 1.69 bits per heavy atom. The van der Waals surface area contributed by atoms with Crippen LogP contribution in [0.25, 0.3) is 6.08 Å². The lowest BCUT2D eigenvalue weighted by Gasteiger charge is -2.04. The summed E-state index contributed by atoms with van der Waals surface area (Å²) in [5, 5.41) is 2.71. The molecule has 0 atom stereocenters. The van der Waals surface area contributed by atoms with E-state index in [0.29, 0.717) is 0 Å². The van der Waals surface area contributed by atoms with Crippen molar-refractivity contribution < 1.29 is 4.79 Å². The molecule has 2 nitrogen and oxygen atoms in total. The summed E-state index contributed by atoms with van der Waals surface area (Å²) < 4.78 is 0. The zero-order chi connectivity index (χ0) is 13.0.